The molecule has 0 N–H and O–H groups in total. The van der Waals surface area contributed by atoms with Gasteiger partial charge >= 0.3 is 0 Å². The van der Waals surface area contributed by atoms with Crippen LogP contribution in [0.15, 0.2) is 48.5 Å². The van der Waals surface area contributed by atoms with Crippen LogP contribution in [0.5, 0.6) is 5.75 Å². The zero-order valence-electron chi connectivity index (χ0n) is 14.4. The molecule has 0 aliphatic carbocycles. The summed E-state index contributed by atoms with van der Waals surface area (Å²) >= 11 is 0. The van der Waals surface area contributed by atoms with Crippen molar-refractivity contribution in [2.75, 3.05) is 20.3 Å². The maximum atomic E-state index is 12.9. The Morgan fingerprint density at radius 1 is 1.12 bits per heavy atom. The summed E-state index contributed by atoms with van der Waals surface area (Å²) in [7, 11) is 1.62. The third-order valence-corrected chi connectivity index (χ3v) is 4.48. The van der Waals surface area contributed by atoms with E-state index in [1.54, 1.807) is 7.11 Å². The molecule has 0 saturated carbocycles. The highest BCUT2D eigenvalue weighted by molar-refractivity contribution is 5.94. The summed E-state index contributed by atoms with van der Waals surface area (Å²) in [6.45, 7) is 5.19. The molecule has 2 aromatic rings. The van der Waals surface area contributed by atoms with Crippen LogP contribution in [-0.4, -0.2) is 37.1 Å². The van der Waals surface area contributed by atoms with Crippen LogP contribution in [0.1, 0.15) is 34.5 Å². The van der Waals surface area contributed by atoms with Crippen molar-refractivity contribution < 1.29 is 14.3 Å². The molecule has 0 bridgehead atoms. The maximum Gasteiger partial charge on any atom is 0.254 e. The van der Waals surface area contributed by atoms with Gasteiger partial charge in [-0.2, -0.15) is 0 Å². The average molecular weight is 325 g/mol. The Bertz CT molecular complexity index is 694. The number of ether oxygens (including phenoxy) is 2. The summed E-state index contributed by atoms with van der Waals surface area (Å²) in [6, 6.07) is 15.6. The Morgan fingerprint density at radius 2 is 1.79 bits per heavy atom. The van der Waals surface area contributed by atoms with Gasteiger partial charge in [-0.1, -0.05) is 29.8 Å². The fraction of sp³-hybridized carbons (Fsp3) is 0.350. The van der Waals surface area contributed by atoms with Gasteiger partial charge in [0.25, 0.3) is 5.91 Å². The lowest BCUT2D eigenvalue weighted by molar-refractivity contribution is -0.0486. The largest absolute Gasteiger partial charge is 0.497 e. The lowest BCUT2D eigenvalue weighted by Gasteiger charge is -2.38. The molecule has 1 aliphatic heterocycles. The van der Waals surface area contributed by atoms with Gasteiger partial charge in [-0.05, 0) is 43.7 Å². The zero-order valence-corrected chi connectivity index (χ0v) is 14.4. The first-order valence-electron chi connectivity index (χ1n) is 8.21. The van der Waals surface area contributed by atoms with Crippen molar-refractivity contribution in [2.24, 2.45) is 0 Å². The third kappa shape index (κ3) is 3.44. The summed E-state index contributed by atoms with van der Waals surface area (Å²) in [6.07, 6.45) is -0.0796. The molecule has 1 aliphatic rings. The van der Waals surface area contributed by atoms with Crippen LogP contribution >= 0.6 is 0 Å². The number of hydrogen-bond acceptors (Lipinski definition) is 3. The molecule has 2 aromatic carbocycles. The van der Waals surface area contributed by atoms with Crippen molar-refractivity contribution in [3.05, 3.63) is 65.2 Å². The summed E-state index contributed by atoms with van der Waals surface area (Å²) < 4.78 is 11.1. The van der Waals surface area contributed by atoms with Gasteiger partial charge in [-0.25, -0.2) is 0 Å². The molecule has 0 spiro atoms. The highest BCUT2D eigenvalue weighted by Gasteiger charge is 2.31. The monoisotopic (exact) mass is 325 g/mol. The van der Waals surface area contributed by atoms with E-state index in [1.807, 2.05) is 36.1 Å². The van der Waals surface area contributed by atoms with Crippen molar-refractivity contribution >= 4 is 5.91 Å². The number of amides is 1. The number of rotatable bonds is 3. The second-order valence-electron chi connectivity index (χ2n) is 6.27. The number of benzene rings is 2. The molecule has 1 amide bonds. The predicted molar refractivity (Wildman–Crippen MR) is 93.4 cm³/mol. The highest BCUT2D eigenvalue weighted by Crippen LogP contribution is 2.26. The number of hydrogen-bond donors (Lipinski definition) is 0. The molecular formula is C20H23NO3. The van der Waals surface area contributed by atoms with Gasteiger partial charge in [0.15, 0.2) is 0 Å². The first-order chi connectivity index (χ1) is 11.6. The fourth-order valence-corrected chi connectivity index (χ4v) is 2.92. The van der Waals surface area contributed by atoms with Crippen molar-refractivity contribution in [3.63, 3.8) is 0 Å². The standard InChI is InChI=1S/C20H23NO3/c1-14-4-6-16(7-5-14)19-12-21(15(2)13-24-19)20(22)17-8-10-18(23-3)11-9-17/h4-11,15,19H,12-13H2,1-3H3. The van der Waals surface area contributed by atoms with Gasteiger partial charge in [-0.15, -0.1) is 0 Å². The molecule has 4 nitrogen and oxygen atoms in total. The molecule has 0 aromatic heterocycles. The lowest BCUT2D eigenvalue weighted by atomic mass is 10.0. The highest BCUT2D eigenvalue weighted by atomic mass is 16.5. The molecule has 2 atom stereocenters. The van der Waals surface area contributed by atoms with Crippen molar-refractivity contribution in [1.82, 2.24) is 4.90 Å². The zero-order chi connectivity index (χ0) is 17.1. The fourth-order valence-electron chi connectivity index (χ4n) is 2.92. The van der Waals surface area contributed by atoms with Crippen molar-refractivity contribution in [2.45, 2.75) is 26.0 Å². The minimum absolute atomic E-state index is 0.0329. The smallest absolute Gasteiger partial charge is 0.254 e. The molecule has 2 unspecified atom stereocenters. The Kier molecular flexibility index (Phi) is 4.86. The Labute approximate surface area is 143 Å². The predicted octanol–water partition coefficient (Wildman–Crippen LogP) is 3.61. The first kappa shape index (κ1) is 16.5. The number of carbonyl (C=O) groups is 1. The van der Waals surface area contributed by atoms with Crippen LogP contribution in [0.25, 0.3) is 0 Å². The van der Waals surface area contributed by atoms with E-state index >= 15 is 0 Å². The van der Waals surface area contributed by atoms with E-state index < -0.39 is 0 Å². The number of carbonyl (C=O) groups excluding carboxylic acids is 1. The number of morpholine rings is 1. The van der Waals surface area contributed by atoms with Gasteiger partial charge in [0.05, 0.1) is 26.3 Å². The molecule has 24 heavy (non-hydrogen) atoms. The van der Waals surface area contributed by atoms with Gasteiger partial charge in [0, 0.05) is 5.56 Å². The Morgan fingerprint density at radius 3 is 2.42 bits per heavy atom. The summed E-state index contributed by atoms with van der Waals surface area (Å²) in [4.78, 5) is 14.8. The normalized spacial score (nSPS) is 20.7. The van der Waals surface area contributed by atoms with Crippen LogP contribution in [0.4, 0.5) is 0 Å². The second-order valence-corrected chi connectivity index (χ2v) is 6.27. The van der Waals surface area contributed by atoms with Gasteiger partial charge in [-0.3, -0.25) is 4.79 Å². The van der Waals surface area contributed by atoms with Gasteiger partial charge in [0.2, 0.25) is 0 Å². The van der Waals surface area contributed by atoms with Gasteiger partial charge < -0.3 is 14.4 Å². The minimum Gasteiger partial charge on any atom is -0.497 e. The second kappa shape index (κ2) is 7.05. The van der Waals surface area contributed by atoms with Crippen molar-refractivity contribution in [3.8, 4) is 5.75 Å². The van der Waals surface area contributed by atoms with E-state index in [1.165, 1.54) is 5.56 Å². The van der Waals surface area contributed by atoms with E-state index in [0.29, 0.717) is 18.7 Å². The molecule has 1 fully saturated rings. The Balaban J connectivity index is 1.77. The van der Waals surface area contributed by atoms with E-state index in [2.05, 4.69) is 31.2 Å². The van der Waals surface area contributed by atoms with E-state index in [-0.39, 0.29) is 18.1 Å². The minimum atomic E-state index is -0.0796. The molecular weight excluding hydrogens is 302 g/mol. The molecule has 0 radical (unpaired) electrons. The van der Waals surface area contributed by atoms with Crippen LogP contribution in [-0.2, 0) is 4.74 Å². The van der Waals surface area contributed by atoms with Crippen LogP contribution in [0, 0.1) is 6.92 Å². The summed E-state index contributed by atoms with van der Waals surface area (Å²) in [5, 5.41) is 0. The summed E-state index contributed by atoms with van der Waals surface area (Å²) in [5.74, 6) is 0.782. The molecule has 3 rings (SSSR count). The van der Waals surface area contributed by atoms with Crippen molar-refractivity contribution in [1.29, 1.82) is 0 Å². The van der Waals surface area contributed by atoms with Gasteiger partial charge in [0.1, 0.15) is 11.9 Å². The van der Waals surface area contributed by atoms with E-state index in [0.717, 1.165) is 11.3 Å². The van der Waals surface area contributed by atoms with E-state index in [4.69, 9.17) is 9.47 Å². The molecule has 1 heterocycles. The van der Waals surface area contributed by atoms with Crippen LogP contribution in [0.3, 0.4) is 0 Å². The topological polar surface area (TPSA) is 38.8 Å². The quantitative estimate of drug-likeness (QED) is 0.865. The maximum absolute atomic E-state index is 12.9. The number of nitrogens with zero attached hydrogens (tertiary/aromatic N) is 1. The number of aryl methyl sites for hydroxylation is 1. The van der Waals surface area contributed by atoms with Crippen LogP contribution < -0.4 is 4.74 Å². The molecule has 1 saturated heterocycles. The SMILES string of the molecule is COc1ccc(C(=O)N2CC(c3ccc(C)cc3)OCC2C)cc1. The van der Waals surface area contributed by atoms with Crippen LogP contribution in [0.2, 0.25) is 0 Å². The number of methoxy groups -OCH3 is 1. The molecule has 4 heteroatoms. The average Bonchev–Trinajstić information content (AvgIpc) is 2.62. The Hall–Kier alpha value is -2.33. The van der Waals surface area contributed by atoms with E-state index in [9.17, 15) is 4.79 Å². The summed E-state index contributed by atoms with van der Waals surface area (Å²) in [5.41, 5.74) is 3.00. The lowest BCUT2D eigenvalue weighted by Crippen LogP contribution is -2.48. The third-order valence-electron chi connectivity index (χ3n) is 4.48. The molecule has 126 valence electrons. The first-order valence-corrected chi connectivity index (χ1v) is 8.21.